The lowest BCUT2D eigenvalue weighted by Gasteiger charge is -2.41. The number of aliphatic hydroxyl groups is 5. The third-order valence-electron chi connectivity index (χ3n) is 2.77. The first-order valence-corrected chi connectivity index (χ1v) is 5.55. The Bertz CT molecular complexity index is 285. The molecule has 1 unspecified atom stereocenters. The number of carbonyl (C=O) groups excluding carboxylic acids is 1. The fourth-order valence-corrected chi connectivity index (χ4v) is 1.61. The van der Waals surface area contributed by atoms with Crippen LogP contribution in [0.5, 0.6) is 0 Å². The predicted molar refractivity (Wildman–Crippen MR) is 61.6 cm³/mol. The molecule has 7 heteroatoms. The predicted octanol–water partition coefficient (Wildman–Crippen LogP) is -1.85. The van der Waals surface area contributed by atoms with Gasteiger partial charge in [0.25, 0.3) is 0 Å². The number of hydrogen-bond acceptors (Lipinski definition) is 7. The molecule has 0 saturated heterocycles. The van der Waals surface area contributed by atoms with Crippen LogP contribution in [-0.2, 0) is 9.53 Å². The van der Waals surface area contributed by atoms with Crippen molar-refractivity contribution in [1.82, 2.24) is 0 Å². The van der Waals surface area contributed by atoms with Crippen LogP contribution in [0.1, 0.15) is 27.7 Å². The Morgan fingerprint density at radius 2 is 1.67 bits per heavy atom. The summed E-state index contributed by atoms with van der Waals surface area (Å²) in [6, 6.07) is 0. The third-order valence-corrected chi connectivity index (χ3v) is 2.77. The summed E-state index contributed by atoms with van der Waals surface area (Å²) in [5.74, 6) is -0.654. The summed E-state index contributed by atoms with van der Waals surface area (Å²) in [6.45, 7) is 4.02. The van der Waals surface area contributed by atoms with Crippen LogP contribution in [0.3, 0.4) is 0 Å². The van der Waals surface area contributed by atoms with E-state index >= 15 is 0 Å². The molecule has 0 aliphatic heterocycles. The summed E-state index contributed by atoms with van der Waals surface area (Å²) in [7, 11) is 0. The Kier molecular flexibility index (Phi) is 5.70. The van der Waals surface area contributed by atoms with Gasteiger partial charge in [0.1, 0.15) is 30.0 Å². The maximum Gasteiger partial charge on any atom is 0.302 e. The highest BCUT2D eigenvalue weighted by molar-refractivity contribution is 5.65. The average Bonchev–Trinajstić information content (AvgIpc) is 2.24. The smallest absolute Gasteiger partial charge is 0.302 e. The van der Waals surface area contributed by atoms with E-state index in [1.54, 1.807) is 0 Å². The molecule has 0 fully saturated rings. The number of hydrogen-bond donors (Lipinski definition) is 5. The van der Waals surface area contributed by atoms with E-state index in [1.807, 2.05) is 0 Å². The maximum atomic E-state index is 10.6. The highest BCUT2D eigenvalue weighted by Crippen LogP contribution is 2.26. The van der Waals surface area contributed by atoms with Gasteiger partial charge in [-0.2, -0.15) is 0 Å². The summed E-state index contributed by atoms with van der Waals surface area (Å²) in [6.07, 6.45) is -4.80. The van der Waals surface area contributed by atoms with Crippen LogP contribution in [0.15, 0.2) is 0 Å². The van der Waals surface area contributed by atoms with E-state index in [9.17, 15) is 30.3 Å². The second kappa shape index (κ2) is 5.94. The van der Waals surface area contributed by atoms with Crippen molar-refractivity contribution in [3.63, 3.8) is 0 Å². The molecule has 0 aromatic rings. The maximum absolute atomic E-state index is 10.6. The summed E-state index contributed by atoms with van der Waals surface area (Å²) in [4.78, 5) is 10.6. The normalized spacial score (nSPS) is 23.4. The molecule has 0 heterocycles. The number of esters is 1. The Balaban J connectivity index is 4.88. The zero-order valence-electron chi connectivity index (χ0n) is 11.0. The van der Waals surface area contributed by atoms with Gasteiger partial charge in [-0.25, -0.2) is 0 Å². The zero-order valence-corrected chi connectivity index (χ0v) is 11.0. The van der Waals surface area contributed by atoms with Crippen molar-refractivity contribution in [1.29, 1.82) is 0 Å². The molecule has 5 atom stereocenters. The monoisotopic (exact) mass is 266 g/mol. The topological polar surface area (TPSA) is 127 Å². The lowest BCUT2D eigenvalue weighted by molar-refractivity contribution is -0.223. The van der Waals surface area contributed by atoms with Crippen molar-refractivity contribution in [2.24, 2.45) is 0 Å². The van der Waals surface area contributed by atoms with E-state index in [2.05, 4.69) is 4.74 Å². The lowest BCUT2D eigenvalue weighted by Crippen LogP contribution is -2.63. The summed E-state index contributed by atoms with van der Waals surface area (Å²) in [5, 5.41) is 48.5. The third kappa shape index (κ3) is 4.18. The molecule has 0 aliphatic rings. The van der Waals surface area contributed by atoms with Gasteiger partial charge in [0.2, 0.25) is 0 Å². The molecule has 7 nitrogen and oxygen atoms in total. The summed E-state index contributed by atoms with van der Waals surface area (Å²) in [5.41, 5.74) is -4.14. The van der Waals surface area contributed by atoms with E-state index in [-0.39, 0.29) is 0 Å². The van der Waals surface area contributed by atoms with Crippen LogP contribution in [0.25, 0.3) is 0 Å². The van der Waals surface area contributed by atoms with Gasteiger partial charge in [-0.05, 0) is 20.8 Å². The van der Waals surface area contributed by atoms with Gasteiger partial charge in [-0.15, -0.1) is 0 Å². The molecule has 0 aliphatic carbocycles. The molecule has 108 valence electrons. The van der Waals surface area contributed by atoms with Crippen LogP contribution < -0.4 is 0 Å². The van der Waals surface area contributed by atoms with Gasteiger partial charge >= 0.3 is 5.97 Å². The van der Waals surface area contributed by atoms with Gasteiger partial charge in [0, 0.05) is 6.92 Å². The number of ether oxygens (including phenoxy) is 1. The Labute approximate surface area is 106 Å². The van der Waals surface area contributed by atoms with Crippen molar-refractivity contribution in [2.75, 3.05) is 6.61 Å². The minimum absolute atomic E-state index is 0.549. The molecule has 0 aromatic heterocycles. The molecule has 5 N–H and O–H groups in total. The van der Waals surface area contributed by atoms with Crippen LogP contribution in [0, 0.1) is 0 Å². The van der Waals surface area contributed by atoms with E-state index in [0.29, 0.717) is 0 Å². The van der Waals surface area contributed by atoms with Crippen molar-refractivity contribution in [3.8, 4) is 0 Å². The quantitative estimate of drug-likeness (QED) is 0.357. The molecular formula is C11H22O7. The fourth-order valence-electron chi connectivity index (χ4n) is 1.61. The minimum Gasteiger partial charge on any atom is -0.463 e. The van der Waals surface area contributed by atoms with Gasteiger partial charge < -0.3 is 30.3 Å². The molecular weight excluding hydrogens is 244 g/mol. The molecule has 0 saturated carbocycles. The average molecular weight is 266 g/mol. The van der Waals surface area contributed by atoms with Gasteiger partial charge in [-0.3, -0.25) is 4.79 Å². The van der Waals surface area contributed by atoms with Gasteiger partial charge in [-0.1, -0.05) is 0 Å². The van der Waals surface area contributed by atoms with E-state index in [0.717, 1.165) is 20.8 Å². The number of carbonyl (C=O) groups is 1. The Hall–Kier alpha value is -0.730. The highest BCUT2D eigenvalue weighted by Gasteiger charge is 2.49. The van der Waals surface area contributed by atoms with Crippen molar-refractivity contribution >= 4 is 5.97 Å². The van der Waals surface area contributed by atoms with E-state index in [4.69, 9.17) is 0 Å². The largest absolute Gasteiger partial charge is 0.463 e. The summed E-state index contributed by atoms with van der Waals surface area (Å²) < 4.78 is 4.56. The Morgan fingerprint density at radius 1 is 1.22 bits per heavy atom. The molecule has 0 amide bonds. The molecule has 0 spiro atoms. The SMILES string of the molecule is CC(=O)OC[C@](C)(O)[C@@H](O)[C@](C)(O)[C@H](O)C(C)O. The van der Waals surface area contributed by atoms with Crippen LogP contribution in [0.2, 0.25) is 0 Å². The van der Waals surface area contributed by atoms with Crippen LogP contribution >= 0.6 is 0 Å². The summed E-state index contributed by atoms with van der Waals surface area (Å²) >= 11 is 0. The molecule has 0 radical (unpaired) electrons. The first kappa shape index (κ1) is 17.3. The second-order valence-electron chi connectivity index (χ2n) is 4.95. The Morgan fingerprint density at radius 3 is 2.00 bits per heavy atom. The molecule has 0 aromatic carbocycles. The zero-order chi connectivity index (χ0) is 14.7. The van der Waals surface area contributed by atoms with Crippen molar-refractivity contribution in [3.05, 3.63) is 0 Å². The number of rotatable bonds is 6. The van der Waals surface area contributed by atoms with Crippen molar-refractivity contribution < 1.29 is 35.1 Å². The second-order valence-corrected chi connectivity index (χ2v) is 4.95. The van der Waals surface area contributed by atoms with E-state index in [1.165, 1.54) is 6.92 Å². The number of aliphatic hydroxyl groups excluding tert-OH is 3. The van der Waals surface area contributed by atoms with Crippen molar-refractivity contribution in [2.45, 2.75) is 57.2 Å². The molecule has 0 rings (SSSR count). The minimum atomic E-state index is -2.17. The standard InChI is InChI=1S/C11H22O7/c1-6(12)8(14)11(4,17)9(15)10(3,16)5-18-7(2)13/h6,8-9,12,14-17H,5H2,1-4H3/t6?,8-,9-,10+,11-/m1/s1. The highest BCUT2D eigenvalue weighted by atomic mass is 16.5. The first-order valence-electron chi connectivity index (χ1n) is 5.55. The van der Waals surface area contributed by atoms with Gasteiger partial charge in [0.05, 0.1) is 6.10 Å². The van der Waals surface area contributed by atoms with E-state index < -0.39 is 42.1 Å². The van der Waals surface area contributed by atoms with Crippen LogP contribution in [0.4, 0.5) is 0 Å². The van der Waals surface area contributed by atoms with Crippen LogP contribution in [-0.4, -0.2) is 67.6 Å². The molecule has 18 heavy (non-hydrogen) atoms. The first-order chi connectivity index (χ1) is 7.93. The molecule has 0 bridgehead atoms. The van der Waals surface area contributed by atoms with Gasteiger partial charge in [0.15, 0.2) is 0 Å². The fraction of sp³-hybridized carbons (Fsp3) is 0.909. The lowest BCUT2D eigenvalue weighted by atomic mass is 9.81.